The maximum absolute atomic E-state index is 13.1. The van der Waals surface area contributed by atoms with Crippen LogP contribution in [0.2, 0.25) is 0 Å². The number of hydroxylamine groups is 1. The first kappa shape index (κ1) is 21.7. The molecule has 1 saturated carbocycles. The number of nitrogens with two attached hydrogens (primary N) is 1. The largest absolute Gasteiger partial charge is 0.352 e. The summed E-state index contributed by atoms with van der Waals surface area (Å²) in [7, 11) is 0. The standard InChI is InChI=1S/C23H37N5O2/c1-15-27-22(28-30-15)18-10-8-16(9-11-18)13-26-23(29)19-12-21(24)25-14-20(19)17-6-4-2-3-5-7-17/h8-11,15,17,19-22,25,27-28H,2-7,12-14,24H2,1H3,(H,26,29). The van der Waals surface area contributed by atoms with Gasteiger partial charge in [0, 0.05) is 19.0 Å². The second kappa shape index (κ2) is 10.2. The van der Waals surface area contributed by atoms with Crippen molar-refractivity contribution >= 4 is 5.91 Å². The molecule has 2 heterocycles. The molecule has 5 unspecified atom stereocenters. The fourth-order valence-corrected chi connectivity index (χ4v) is 5.28. The molecule has 1 aliphatic carbocycles. The molecule has 5 atom stereocenters. The summed E-state index contributed by atoms with van der Waals surface area (Å²) in [5.74, 6) is 1.20. The number of hydrogen-bond donors (Lipinski definition) is 5. The first-order valence-electron chi connectivity index (χ1n) is 11.6. The molecule has 30 heavy (non-hydrogen) atoms. The van der Waals surface area contributed by atoms with Gasteiger partial charge in [-0.15, -0.1) is 0 Å². The van der Waals surface area contributed by atoms with Crippen LogP contribution in [0.15, 0.2) is 24.3 Å². The third kappa shape index (κ3) is 5.39. The molecule has 7 nitrogen and oxygen atoms in total. The summed E-state index contributed by atoms with van der Waals surface area (Å²) in [4.78, 5) is 18.5. The van der Waals surface area contributed by atoms with Crippen molar-refractivity contribution in [1.82, 2.24) is 21.4 Å². The van der Waals surface area contributed by atoms with E-state index in [9.17, 15) is 4.79 Å². The molecule has 1 aromatic carbocycles. The van der Waals surface area contributed by atoms with Gasteiger partial charge in [0.15, 0.2) is 0 Å². The topological polar surface area (TPSA) is 100 Å². The van der Waals surface area contributed by atoms with E-state index in [0.29, 0.717) is 18.4 Å². The van der Waals surface area contributed by atoms with Crippen molar-refractivity contribution in [3.63, 3.8) is 0 Å². The fraction of sp³-hybridized carbons (Fsp3) is 0.696. The Morgan fingerprint density at radius 1 is 1.17 bits per heavy atom. The van der Waals surface area contributed by atoms with Crippen LogP contribution in [-0.2, 0) is 16.2 Å². The third-order valence-electron chi connectivity index (χ3n) is 7.03. The molecule has 2 saturated heterocycles. The summed E-state index contributed by atoms with van der Waals surface area (Å²) in [5, 5.41) is 9.92. The zero-order valence-corrected chi connectivity index (χ0v) is 18.0. The van der Waals surface area contributed by atoms with E-state index in [-0.39, 0.29) is 30.4 Å². The average molecular weight is 416 g/mol. The predicted molar refractivity (Wildman–Crippen MR) is 117 cm³/mol. The molecule has 0 radical (unpaired) electrons. The molecule has 2 aliphatic heterocycles. The Balaban J connectivity index is 1.34. The summed E-state index contributed by atoms with van der Waals surface area (Å²) in [6.45, 7) is 3.38. The molecule has 6 N–H and O–H groups in total. The number of hydrogen-bond acceptors (Lipinski definition) is 6. The monoisotopic (exact) mass is 415 g/mol. The van der Waals surface area contributed by atoms with Crippen molar-refractivity contribution < 1.29 is 9.63 Å². The SMILES string of the molecule is CC1NC(c2ccc(CNC(=O)C3CC(N)NCC3C3CCCCCC3)cc2)NO1. The molecule has 0 spiro atoms. The molecular formula is C23H37N5O2. The average Bonchev–Trinajstić information content (AvgIpc) is 3.02. The Labute approximate surface area is 179 Å². The normalized spacial score (nSPS) is 33.2. The Bertz CT molecular complexity index is 689. The Hall–Kier alpha value is -1.51. The number of piperidine rings is 1. The van der Waals surface area contributed by atoms with Crippen LogP contribution in [0.5, 0.6) is 0 Å². The number of rotatable bonds is 5. The lowest BCUT2D eigenvalue weighted by atomic mass is 9.73. The maximum atomic E-state index is 13.1. The minimum atomic E-state index is -0.0851. The van der Waals surface area contributed by atoms with Crippen LogP contribution in [0.4, 0.5) is 0 Å². The number of amides is 1. The molecule has 1 aromatic rings. The van der Waals surface area contributed by atoms with Gasteiger partial charge in [-0.2, -0.15) is 5.48 Å². The number of nitrogens with one attached hydrogen (secondary N) is 4. The van der Waals surface area contributed by atoms with Crippen LogP contribution in [0, 0.1) is 17.8 Å². The van der Waals surface area contributed by atoms with Gasteiger partial charge in [0.05, 0.1) is 6.17 Å². The van der Waals surface area contributed by atoms with Crippen molar-refractivity contribution in [3.05, 3.63) is 35.4 Å². The summed E-state index contributed by atoms with van der Waals surface area (Å²) in [5.41, 5.74) is 11.4. The zero-order valence-electron chi connectivity index (χ0n) is 18.0. The minimum Gasteiger partial charge on any atom is -0.352 e. The Kier molecular flexibility index (Phi) is 7.38. The van der Waals surface area contributed by atoms with Gasteiger partial charge in [-0.1, -0.05) is 62.8 Å². The predicted octanol–water partition coefficient (Wildman–Crippen LogP) is 2.25. The first-order valence-corrected chi connectivity index (χ1v) is 11.6. The molecule has 3 fully saturated rings. The van der Waals surface area contributed by atoms with E-state index in [1.807, 2.05) is 6.92 Å². The summed E-state index contributed by atoms with van der Waals surface area (Å²) in [6.07, 6.45) is 8.38. The molecule has 166 valence electrons. The van der Waals surface area contributed by atoms with E-state index in [2.05, 4.69) is 45.7 Å². The molecule has 0 aromatic heterocycles. The van der Waals surface area contributed by atoms with Gasteiger partial charge in [0.25, 0.3) is 0 Å². The van der Waals surface area contributed by atoms with E-state index >= 15 is 0 Å². The van der Waals surface area contributed by atoms with Crippen molar-refractivity contribution in [2.75, 3.05) is 6.54 Å². The molecule has 7 heteroatoms. The van der Waals surface area contributed by atoms with Crippen molar-refractivity contribution in [2.24, 2.45) is 23.5 Å². The van der Waals surface area contributed by atoms with Crippen LogP contribution in [0.3, 0.4) is 0 Å². The van der Waals surface area contributed by atoms with Gasteiger partial charge in [-0.3, -0.25) is 14.9 Å². The molecule has 0 bridgehead atoms. The number of carbonyl (C=O) groups excluding carboxylic acids is 1. The highest BCUT2D eigenvalue weighted by Crippen LogP contribution is 2.36. The lowest BCUT2D eigenvalue weighted by Crippen LogP contribution is -2.54. The molecule has 3 aliphatic rings. The van der Waals surface area contributed by atoms with Crippen LogP contribution >= 0.6 is 0 Å². The quantitative estimate of drug-likeness (QED) is 0.473. The Morgan fingerprint density at radius 3 is 2.57 bits per heavy atom. The van der Waals surface area contributed by atoms with E-state index in [0.717, 1.165) is 24.1 Å². The number of carbonyl (C=O) groups is 1. The third-order valence-corrected chi connectivity index (χ3v) is 7.03. The van der Waals surface area contributed by atoms with Gasteiger partial charge in [0.1, 0.15) is 12.4 Å². The van der Waals surface area contributed by atoms with E-state index in [1.165, 1.54) is 38.5 Å². The van der Waals surface area contributed by atoms with Gasteiger partial charge in [-0.05, 0) is 36.3 Å². The lowest BCUT2D eigenvalue weighted by molar-refractivity contribution is -0.129. The van der Waals surface area contributed by atoms with E-state index in [4.69, 9.17) is 10.6 Å². The first-order chi connectivity index (χ1) is 14.6. The second-order valence-electron chi connectivity index (χ2n) is 9.21. The Morgan fingerprint density at radius 2 is 1.90 bits per heavy atom. The van der Waals surface area contributed by atoms with E-state index in [1.54, 1.807) is 0 Å². The molecule has 1 amide bonds. The van der Waals surface area contributed by atoms with Crippen LogP contribution in [0.25, 0.3) is 0 Å². The highest BCUT2D eigenvalue weighted by molar-refractivity contribution is 5.79. The van der Waals surface area contributed by atoms with Crippen LogP contribution < -0.4 is 27.2 Å². The second-order valence-corrected chi connectivity index (χ2v) is 9.21. The maximum Gasteiger partial charge on any atom is 0.223 e. The minimum absolute atomic E-state index is 0.000186. The fourth-order valence-electron chi connectivity index (χ4n) is 5.28. The molecular weight excluding hydrogens is 378 g/mol. The van der Waals surface area contributed by atoms with Gasteiger partial charge in [-0.25, -0.2) is 0 Å². The van der Waals surface area contributed by atoms with Crippen molar-refractivity contribution in [2.45, 2.75) is 77.0 Å². The highest BCUT2D eigenvalue weighted by Gasteiger charge is 2.38. The van der Waals surface area contributed by atoms with Gasteiger partial charge < -0.3 is 16.4 Å². The zero-order chi connectivity index (χ0) is 20.9. The summed E-state index contributed by atoms with van der Waals surface area (Å²) in [6, 6.07) is 8.28. The smallest absolute Gasteiger partial charge is 0.223 e. The van der Waals surface area contributed by atoms with E-state index < -0.39 is 0 Å². The van der Waals surface area contributed by atoms with Crippen molar-refractivity contribution in [1.29, 1.82) is 0 Å². The number of benzene rings is 1. The summed E-state index contributed by atoms with van der Waals surface area (Å²) >= 11 is 0. The lowest BCUT2D eigenvalue weighted by Gasteiger charge is -2.39. The van der Waals surface area contributed by atoms with Crippen LogP contribution in [0.1, 0.15) is 69.2 Å². The van der Waals surface area contributed by atoms with Gasteiger partial charge in [0.2, 0.25) is 5.91 Å². The highest BCUT2D eigenvalue weighted by atomic mass is 16.7. The van der Waals surface area contributed by atoms with Crippen LogP contribution in [-0.4, -0.2) is 24.8 Å². The molecule has 4 rings (SSSR count). The van der Waals surface area contributed by atoms with Gasteiger partial charge >= 0.3 is 0 Å². The van der Waals surface area contributed by atoms with Crippen molar-refractivity contribution in [3.8, 4) is 0 Å². The summed E-state index contributed by atoms with van der Waals surface area (Å²) < 4.78 is 0.